The number of hydrogen-bond donors (Lipinski definition) is 3. The molecular weight excluding hydrogens is 442 g/mol. The number of amides is 3. The van der Waals surface area contributed by atoms with Crippen LogP contribution in [0.25, 0.3) is 0 Å². The van der Waals surface area contributed by atoms with Gasteiger partial charge in [0.25, 0.3) is 0 Å². The van der Waals surface area contributed by atoms with Crippen molar-refractivity contribution in [2.45, 2.75) is 32.6 Å². The first-order valence-electron chi connectivity index (χ1n) is 10.5. The van der Waals surface area contributed by atoms with Crippen molar-refractivity contribution in [3.8, 4) is 0 Å². The van der Waals surface area contributed by atoms with Crippen LogP contribution in [0.4, 0.5) is 0 Å². The van der Waals surface area contributed by atoms with Crippen LogP contribution < -0.4 is 16.0 Å². The molecule has 0 aromatic heterocycles. The fraction of sp³-hybridized carbons (Fsp3) is 0.292. The molecule has 0 radical (unpaired) electrons. The maximum Gasteiger partial charge on any atom is 0.329 e. The van der Waals surface area contributed by atoms with Crippen molar-refractivity contribution in [1.82, 2.24) is 16.0 Å². The summed E-state index contributed by atoms with van der Waals surface area (Å²) in [6.07, 6.45) is -0.452. The smallest absolute Gasteiger partial charge is 0.329 e. The molecule has 2 aromatic rings. The number of hydrogen-bond acceptors (Lipinski definition) is 7. The van der Waals surface area contributed by atoms with Crippen molar-refractivity contribution in [3.05, 3.63) is 71.8 Å². The highest BCUT2D eigenvalue weighted by Crippen LogP contribution is 2.07. The lowest BCUT2D eigenvalue weighted by atomic mass is 10.2. The first-order chi connectivity index (χ1) is 16.3. The fourth-order valence-electron chi connectivity index (χ4n) is 2.68. The lowest BCUT2D eigenvalue weighted by Gasteiger charge is -2.17. The lowest BCUT2D eigenvalue weighted by molar-refractivity contribution is -0.155. The Kier molecular flexibility index (Phi) is 10.8. The summed E-state index contributed by atoms with van der Waals surface area (Å²) in [5.74, 6) is -3.22. The number of carbonyl (C=O) groups excluding carboxylic acids is 5. The van der Waals surface area contributed by atoms with Crippen molar-refractivity contribution in [2.75, 3.05) is 13.1 Å². The minimum Gasteiger partial charge on any atom is -0.461 e. The highest BCUT2D eigenvalue weighted by Gasteiger charge is 2.26. The summed E-state index contributed by atoms with van der Waals surface area (Å²) >= 11 is 0. The summed E-state index contributed by atoms with van der Waals surface area (Å²) in [5, 5.41) is 6.99. The Hall–Kier alpha value is -4.21. The number of esters is 2. The molecule has 0 aliphatic carbocycles. The molecule has 3 amide bonds. The minimum absolute atomic E-state index is 0.0125. The van der Waals surface area contributed by atoms with E-state index in [0.717, 1.165) is 11.1 Å². The topological polar surface area (TPSA) is 140 Å². The predicted octanol–water partition coefficient (Wildman–Crippen LogP) is 0.600. The Morgan fingerprint density at radius 2 is 1.26 bits per heavy atom. The second-order valence-corrected chi connectivity index (χ2v) is 7.25. The molecule has 0 saturated heterocycles. The molecule has 0 unspecified atom stereocenters. The Bertz CT molecular complexity index is 981. The van der Waals surface area contributed by atoms with Crippen LogP contribution in [0.15, 0.2) is 60.7 Å². The molecule has 2 rings (SSSR count). The van der Waals surface area contributed by atoms with Crippen LogP contribution in [0.5, 0.6) is 0 Å². The number of benzene rings is 2. The zero-order chi connectivity index (χ0) is 24.8. The molecule has 1 atom stereocenters. The van der Waals surface area contributed by atoms with Crippen LogP contribution in [0.2, 0.25) is 0 Å². The summed E-state index contributed by atoms with van der Waals surface area (Å²) in [7, 11) is 0. The molecule has 0 saturated carbocycles. The third-order valence-corrected chi connectivity index (χ3v) is 4.40. The molecule has 0 fully saturated rings. The molecule has 34 heavy (non-hydrogen) atoms. The molecule has 2 aromatic carbocycles. The van der Waals surface area contributed by atoms with Gasteiger partial charge in [0, 0.05) is 6.92 Å². The van der Waals surface area contributed by atoms with Crippen LogP contribution >= 0.6 is 0 Å². The van der Waals surface area contributed by atoms with Crippen molar-refractivity contribution in [2.24, 2.45) is 0 Å². The third-order valence-electron chi connectivity index (χ3n) is 4.40. The number of ether oxygens (including phenoxy) is 2. The number of carbonyl (C=O) groups is 5. The number of nitrogens with one attached hydrogen (secondary N) is 3. The van der Waals surface area contributed by atoms with Gasteiger partial charge in [-0.15, -0.1) is 0 Å². The van der Waals surface area contributed by atoms with Crippen LogP contribution in [-0.2, 0) is 46.7 Å². The molecule has 3 N–H and O–H groups in total. The third kappa shape index (κ3) is 10.4. The van der Waals surface area contributed by atoms with Gasteiger partial charge in [-0.25, -0.2) is 4.79 Å². The van der Waals surface area contributed by atoms with Gasteiger partial charge in [0.1, 0.15) is 19.3 Å². The average Bonchev–Trinajstić information content (AvgIpc) is 2.84. The monoisotopic (exact) mass is 469 g/mol. The predicted molar refractivity (Wildman–Crippen MR) is 121 cm³/mol. The normalized spacial score (nSPS) is 11.0. The van der Waals surface area contributed by atoms with E-state index in [9.17, 15) is 24.0 Å². The van der Waals surface area contributed by atoms with Gasteiger partial charge in [-0.1, -0.05) is 60.7 Å². The Balaban J connectivity index is 1.92. The summed E-state index contributed by atoms with van der Waals surface area (Å²) in [6.45, 7) is 0.469. The van der Waals surface area contributed by atoms with Gasteiger partial charge in [0.2, 0.25) is 17.7 Å². The van der Waals surface area contributed by atoms with E-state index >= 15 is 0 Å². The first kappa shape index (κ1) is 26.0. The maximum atomic E-state index is 12.6. The van der Waals surface area contributed by atoms with Crippen LogP contribution in [0, 0.1) is 0 Å². The highest BCUT2D eigenvalue weighted by molar-refractivity contribution is 5.91. The van der Waals surface area contributed by atoms with E-state index in [1.165, 1.54) is 6.92 Å². The Morgan fingerprint density at radius 3 is 1.82 bits per heavy atom. The Morgan fingerprint density at radius 1 is 0.735 bits per heavy atom. The van der Waals surface area contributed by atoms with Crippen LogP contribution in [0.1, 0.15) is 24.5 Å². The van der Waals surface area contributed by atoms with E-state index in [1.54, 1.807) is 48.5 Å². The summed E-state index contributed by atoms with van der Waals surface area (Å²) in [6, 6.07) is 16.6. The summed E-state index contributed by atoms with van der Waals surface area (Å²) in [4.78, 5) is 59.7. The van der Waals surface area contributed by atoms with E-state index < -0.39 is 48.7 Å². The van der Waals surface area contributed by atoms with Gasteiger partial charge in [0.05, 0.1) is 19.5 Å². The zero-order valence-corrected chi connectivity index (χ0v) is 18.7. The molecule has 0 heterocycles. The standard InChI is InChI=1S/C24H27N3O7/c1-17(28)25-13-21(29)26-14-22(30)27-20(24(32)34-16-19-10-6-3-7-11-19)12-23(31)33-15-18-8-4-2-5-9-18/h2-11,20H,12-16H2,1H3,(H,25,28)(H,26,29)(H,27,30)/t20-/m0/s1. The van der Waals surface area contributed by atoms with Crippen molar-refractivity contribution >= 4 is 29.7 Å². The van der Waals surface area contributed by atoms with Gasteiger partial charge in [-0.2, -0.15) is 0 Å². The van der Waals surface area contributed by atoms with Crippen LogP contribution in [-0.4, -0.2) is 48.8 Å². The molecule has 0 spiro atoms. The molecule has 0 aliphatic rings. The number of rotatable bonds is 12. The van der Waals surface area contributed by atoms with Crippen molar-refractivity contribution in [1.29, 1.82) is 0 Å². The highest BCUT2D eigenvalue weighted by atomic mass is 16.5. The van der Waals surface area contributed by atoms with E-state index in [2.05, 4.69) is 16.0 Å². The van der Waals surface area contributed by atoms with Gasteiger partial charge in [0.15, 0.2) is 0 Å². The average molecular weight is 469 g/mol. The largest absolute Gasteiger partial charge is 0.461 e. The summed E-state index contributed by atoms with van der Waals surface area (Å²) < 4.78 is 10.4. The second-order valence-electron chi connectivity index (χ2n) is 7.25. The molecule has 180 valence electrons. The quantitative estimate of drug-likeness (QED) is 0.387. The Labute approximate surface area is 197 Å². The zero-order valence-electron chi connectivity index (χ0n) is 18.7. The van der Waals surface area contributed by atoms with Gasteiger partial charge in [-0.3, -0.25) is 19.2 Å². The molecule has 10 nitrogen and oxygen atoms in total. The van der Waals surface area contributed by atoms with Crippen LogP contribution in [0.3, 0.4) is 0 Å². The van der Waals surface area contributed by atoms with E-state index in [-0.39, 0.29) is 19.8 Å². The minimum atomic E-state index is -1.31. The van der Waals surface area contributed by atoms with E-state index in [1.807, 2.05) is 12.1 Å². The fourth-order valence-corrected chi connectivity index (χ4v) is 2.68. The maximum absolute atomic E-state index is 12.6. The van der Waals surface area contributed by atoms with Gasteiger partial charge >= 0.3 is 11.9 Å². The van der Waals surface area contributed by atoms with Gasteiger partial charge < -0.3 is 25.4 Å². The van der Waals surface area contributed by atoms with Crippen molar-refractivity contribution in [3.63, 3.8) is 0 Å². The van der Waals surface area contributed by atoms with E-state index in [0.29, 0.717) is 0 Å². The van der Waals surface area contributed by atoms with E-state index in [4.69, 9.17) is 9.47 Å². The molecule has 0 aliphatic heterocycles. The second kappa shape index (κ2) is 14.0. The molecule has 0 bridgehead atoms. The van der Waals surface area contributed by atoms with Gasteiger partial charge in [-0.05, 0) is 11.1 Å². The van der Waals surface area contributed by atoms with Crippen molar-refractivity contribution < 1.29 is 33.4 Å². The SMILES string of the molecule is CC(=O)NCC(=O)NCC(=O)N[C@@H](CC(=O)OCc1ccccc1)C(=O)OCc1ccccc1. The molecular formula is C24H27N3O7. The lowest BCUT2D eigenvalue weighted by Crippen LogP contribution is -2.48. The first-order valence-corrected chi connectivity index (χ1v) is 10.5. The summed E-state index contributed by atoms with van der Waals surface area (Å²) in [5.41, 5.74) is 1.50. The molecule has 10 heteroatoms.